The third-order valence-electron chi connectivity index (χ3n) is 0.804. The van der Waals surface area contributed by atoms with E-state index in [1.807, 2.05) is 0 Å². The van der Waals surface area contributed by atoms with Gasteiger partial charge >= 0.3 is 10.4 Å². The van der Waals surface area contributed by atoms with Crippen LogP contribution in [0.3, 0.4) is 0 Å². The zero-order valence-electron chi connectivity index (χ0n) is 5.14. The summed E-state index contributed by atoms with van der Waals surface area (Å²) in [5, 5.41) is 3.12. The van der Waals surface area contributed by atoms with Crippen LogP contribution in [0.15, 0.2) is 12.4 Å². The maximum Gasteiger partial charge on any atom is 0.418 e. The Labute approximate surface area is 68.8 Å². The van der Waals surface area contributed by atoms with E-state index in [-0.39, 0.29) is 22.2 Å². The molecule has 0 aliphatic carbocycles. The topological polar surface area (TPSA) is 78.0 Å². The Morgan fingerprint density at radius 3 is 2.36 bits per heavy atom. The van der Waals surface area contributed by atoms with E-state index in [9.17, 15) is 12.3 Å². The number of anilines is 1. The second-order valence-corrected chi connectivity index (χ2v) is 2.79. The highest BCUT2D eigenvalue weighted by Gasteiger charge is 2.09. The lowest BCUT2D eigenvalue weighted by atomic mass is 10.6. The second kappa shape index (κ2) is 3.05. The van der Waals surface area contributed by atoms with Crippen LogP contribution in [0.25, 0.3) is 0 Å². The van der Waals surface area contributed by atoms with Crippen molar-refractivity contribution < 1.29 is 12.3 Å². The van der Waals surface area contributed by atoms with Gasteiger partial charge in [0.15, 0.2) is 0 Å². The molecular weight excluding hydrogens is 197 g/mol. The van der Waals surface area contributed by atoms with Crippen molar-refractivity contribution in [2.45, 2.75) is 0 Å². The van der Waals surface area contributed by atoms with Crippen LogP contribution in [0.5, 0.6) is 0 Å². The van der Waals surface area contributed by atoms with E-state index in [1.54, 1.807) is 0 Å². The van der Waals surface area contributed by atoms with Crippen molar-refractivity contribution in [3.05, 3.63) is 12.4 Å². The van der Waals surface area contributed by atoms with Crippen LogP contribution in [0, 0.1) is 0 Å². The fraction of sp³-hybridized carbons (Fsp3) is 0. The van der Waals surface area contributed by atoms with Crippen LogP contribution in [0.1, 0.15) is 0 Å². The molecule has 11 heavy (non-hydrogen) atoms. The van der Waals surface area contributed by atoms with E-state index >= 15 is 0 Å². The lowest BCUT2D eigenvalue weighted by molar-refractivity contribution is 0.533. The van der Waals surface area contributed by atoms with Gasteiger partial charge in [-0.25, -0.2) is 0 Å². The molecule has 1 aromatic heterocycles. The van der Waals surface area contributed by atoms with Gasteiger partial charge in [-0.1, -0.05) is 3.89 Å². The van der Waals surface area contributed by atoms with Gasteiger partial charge in [0, 0.05) is 0 Å². The van der Waals surface area contributed by atoms with Gasteiger partial charge < -0.3 is 5.73 Å². The van der Waals surface area contributed by atoms with Gasteiger partial charge in [-0.15, -0.1) is 16.5 Å². The molecule has 1 aromatic rings. The van der Waals surface area contributed by atoms with E-state index in [2.05, 4.69) is 5.10 Å². The molecule has 0 fully saturated rings. The molecular formula is C3H5ClFN3O2S. The maximum atomic E-state index is 12.0. The van der Waals surface area contributed by atoms with Crippen molar-refractivity contribution in [3.8, 4) is 0 Å². The summed E-state index contributed by atoms with van der Waals surface area (Å²) in [6.45, 7) is 0. The molecule has 0 spiro atoms. The van der Waals surface area contributed by atoms with Crippen LogP contribution >= 0.6 is 12.4 Å². The van der Waals surface area contributed by atoms with E-state index in [1.165, 1.54) is 0 Å². The third-order valence-corrected chi connectivity index (χ3v) is 1.45. The molecule has 1 heterocycles. The monoisotopic (exact) mass is 201 g/mol. The predicted octanol–water partition coefficient (Wildman–Crippen LogP) is -0.0505. The zero-order valence-corrected chi connectivity index (χ0v) is 6.77. The van der Waals surface area contributed by atoms with Gasteiger partial charge in [0.05, 0.1) is 18.1 Å². The van der Waals surface area contributed by atoms with Crippen LogP contribution in [-0.4, -0.2) is 17.6 Å². The summed E-state index contributed by atoms with van der Waals surface area (Å²) in [7, 11) is -4.76. The molecule has 0 aromatic carbocycles. The number of aromatic nitrogens is 2. The first kappa shape index (κ1) is 10.2. The average molecular weight is 202 g/mol. The number of nitrogens with zero attached hydrogens (tertiary/aromatic N) is 2. The summed E-state index contributed by atoms with van der Waals surface area (Å²) < 4.78 is 32.2. The molecule has 0 saturated heterocycles. The molecule has 5 nitrogen and oxygen atoms in total. The van der Waals surface area contributed by atoms with Gasteiger partial charge in [0.1, 0.15) is 0 Å². The first-order valence-electron chi connectivity index (χ1n) is 2.25. The Kier molecular flexibility index (Phi) is 2.83. The SMILES string of the molecule is Cl.Nc1cnn(S(=O)(=O)F)c1. The molecule has 8 heteroatoms. The van der Waals surface area contributed by atoms with Crippen LogP contribution < -0.4 is 5.73 Å². The molecule has 0 radical (unpaired) electrons. The number of hydrogen-bond acceptors (Lipinski definition) is 4. The first-order chi connectivity index (χ1) is 4.50. The van der Waals surface area contributed by atoms with Gasteiger partial charge in [-0.3, -0.25) is 0 Å². The predicted molar refractivity (Wildman–Crippen MR) is 39.3 cm³/mol. The normalized spacial score (nSPS) is 10.6. The minimum Gasteiger partial charge on any atom is -0.396 e. The standard InChI is InChI=1S/C3H4FN3O2S.ClH/c4-10(8,9)7-2-3(5)1-6-7;/h1-2H,5H2;1H. The molecule has 0 atom stereocenters. The Morgan fingerprint density at radius 1 is 1.64 bits per heavy atom. The number of nitrogens with two attached hydrogens (primary N) is 1. The molecule has 0 unspecified atom stereocenters. The van der Waals surface area contributed by atoms with E-state index in [0.717, 1.165) is 12.4 Å². The number of halogens is 2. The summed E-state index contributed by atoms with van der Waals surface area (Å²) >= 11 is 0. The molecule has 0 aliphatic rings. The fourth-order valence-corrected chi connectivity index (χ4v) is 0.844. The minimum atomic E-state index is -4.76. The van der Waals surface area contributed by atoms with E-state index in [0.29, 0.717) is 0 Å². The highest BCUT2D eigenvalue weighted by molar-refractivity contribution is 7.84. The zero-order chi connectivity index (χ0) is 7.78. The number of hydrogen-bond donors (Lipinski definition) is 1. The van der Waals surface area contributed by atoms with Crippen molar-refractivity contribution in [2.75, 3.05) is 5.73 Å². The Bertz CT molecular complexity index is 334. The van der Waals surface area contributed by atoms with Gasteiger partial charge in [-0.2, -0.15) is 13.5 Å². The molecule has 0 amide bonds. The average Bonchev–Trinajstić information content (AvgIpc) is 2.11. The van der Waals surface area contributed by atoms with Crippen LogP contribution in [0.4, 0.5) is 9.57 Å². The smallest absolute Gasteiger partial charge is 0.396 e. The Morgan fingerprint density at radius 2 is 2.18 bits per heavy atom. The van der Waals surface area contributed by atoms with Gasteiger partial charge in [0.2, 0.25) is 0 Å². The fourth-order valence-electron chi connectivity index (χ4n) is 0.437. The first-order valence-corrected chi connectivity index (χ1v) is 3.59. The van der Waals surface area contributed by atoms with Crippen molar-refractivity contribution in [2.24, 2.45) is 0 Å². The lowest BCUT2D eigenvalue weighted by Gasteiger charge is -1.87. The van der Waals surface area contributed by atoms with Crippen LogP contribution in [-0.2, 0) is 10.4 Å². The highest BCUT2D eigenvalue weighted by Crippen LogP contribution is 2.02. The largest absolute Gasteiger partial charge is 0.418 e. The quantitative estimate of drug-likeness (QED) is 0.647. The summed E-state index contributed by atoms with van der Waals surface area (Å²) in [5.41, 5.74) is 5.16. The third kappa shape index (κ3) is 2.35. The second-order valence-electron chi connectivity index (χ2n) is 1.59. The van der Waals surface area contributed by atoms with Crippen molar-refractivity contribution >= 4 is 28.5 Å². The molecule has 0 bridgehead atoms. The van der Waals surface area contributed by atoms with Crippen molar-refractivity contribution in [3.63, 3.8) is 0 Å². The Hall–Kier alpha value is -0.820. The Balaban J connectivity index is 0.000001000. The van der Waals surface area contributed by atoms with Crippen molar-refractivity contribution in [1.82, 2.24) is 9.19 Å². The molecule has 0 aliphatic heterocycles. The molecule has 2 N–H and O–H groups in total. The molecule has 1 rings (SSSR count). The number of rotatable bonds is 1. The van der Waals surface area contributed by atoms with Gasteiger partial charge in [0.25, 0.3) is 0 Å². The van der Waals surface area contributed by atoms with Gasteiger partial charge in [-0.05, 0) is 0 Å². The lowest BCUT2D eigenvalue weighted by Crippen LogP contribution is -2.05. The highest BCUT2D eigenvalue weighted by atomic mass is 35.5. The summed E-state index contributed by atoms with van der Waals surface area (Å²) in [6, 6.07) is 0. The van der Waals surface area contributed by atoms with Crippen LogP contribution in [0.2, 0.25) is 0 Å². The summed E-state index contributed by atoms with van der Waals surface area (Å²) in [4.78, 5) is 0. The minimum absolute atomic E-state index is 0. The molecule has 64 valence electrons. The van der Waals surface area contributed by atoms with Crippen molar-refractivity contribution in [1.29, 1.82) is 0 Å². The van der Waals surface area contributed by atoms with E-state index in [4.69, 9.17) is 5.73 Å². The number of nitrogen functional groups attached to an aromatic ring is 1. The summed E-state index contributed by atoms with van der Waals surface area (Å²) in [5.74, 6) is 0. The maximum absolute atomic E-state index is 12.0. The van der Waals surface area contributed by atoms with E-state index < -0.39 is 10.4 Å². The summed E-state index contributed by atoms with van der Waals surface area (Å²) in [6.07, 6.45) is 1.91. The molecule has 0 saturated carbocycles.